The van der Waals surface area contributed by atoms with E-state index in [2.05, 4.69) is 28.9 Å². The summed E-state index contributed by atoms with van der Waals surface area (Å²) in [5.74, 6) is 0.449. The van der Waals surface area contributed by atoms with Crippen molar-refractivity contribution >= 4 is 11.7 Å². The van der Waals surface area contributed by atoms with E-state index >= 15 is 0 Å². The third-order valence-electron chi connectivity index (χ3n) is 7.51. The minimum absolute atomic E-state index is 0.0705. The van der Waals surface area contributed by atoms with Gasteiger partial charge in [0.15, 0.2) is 5.78 Å². The van der Waals surface area contributed by atoms with E-state index in [9.17, 15) is 14.9 Å². The number of nitrogens with zero attached hydrogens (tertiary/aromatic N) is 4. The standard InChI is InChI=1S/C29H32N4O2/c1-20-18-32(10-11-33(20)29(35)24-7-3-4-8-24)19-27-14-23(17-31)13-26(21(27)2)15-28(34)25-9-5-6-22(12-25)16-30/h5-6,9,12-14,20,24H,3-4,7-8,10-11,15,18-19H2,1-2H3/t20-/m0/s1. The van der Waals surface area contributed by atoms with Gasteiger partial charge in [-0.3, -0.25) is 14.5 Å². The molecule has 0 spiro atoms. The van der Waals surface area contributed by atoms with E-state index < -0.39 is 0 Å². The number of hydrogen-bond acceptors (Lipinski definition) is 5. The summed E-state index contributed by atoms with van der Waals surface area (Å²) in [6.07, 6.45) is 4.55. The number of Topliss-reactive ketones (excluding diaryl/α,β-unsaturated/α-hetero) is 1. The normalized spacial score (nSPS) is 18.7. The quantitative estimate of drug-likeness (QED) is 0.587. The molecule has 0 bridgehead atoms. The summed E-state index contributed by atoms with van der Waals surface area (Å²) in [6, 6.07) is 14.9. The Morgan fingerprint density at radius 2 is 1.71 bits per heavy atom. The lowest BCUT2D eigenvalue weighted by Crippen LogP contribution is -2.54. The van der Waals surface area contributed by atoms with Crippen LogP contribution in [0.5, 0.6) is 0 Å². The smallest absolute Gasteiger partial charge is 0.226 e. The fourth-order valence-electron chi connectivity index (χ4n) is 5.44. The zero-order chi connectivity index (χ0) is 24.9. The number of piperazine rings is 1. The summed E-state index contributed by atoms with van der Waals surface area (Å²) in [5, 5.41) is 18.8. The van der Waals surface area contributed by atoms with Gasteiger partial charge >= 0.3 is 0 Å². The maximum Gasteiger partial charge on any atom is 0.226 e. The molecule has 1 amide bonds. The van der Waals surface area contributed by atoms with E-state index in [0.717, 1.165) is 62.0 Å². The first-order chi connectivity index (χ1) is 16.9. The number of rotatable bonds is 6. The van der Waals surface area contributed by atoms with Crippen molar-refractivity contribution in [2.75, 3.05) is 19.6 Å². The fraction of sp³-hybridized carbons (Fsp3) is 0.448. The van der Waals surface area contributed by atoms with Crippen molar-refractivity contribution in [2.45, 2.75) is 58.5 Å². The van der Waals surface area contributed by atoms with Crippen LogP contribution < -0.4 is 0 Å². The lowest BCUT2D eigenvalue weighted by molar-refractivity contribution is -0.140. The molecule has 6 nitrogen and oxygen atoms in total. The Morgan fingerprint density at radius 1 is 1.00 bits per heavy atom. The van der Waals surface area contributed by atoms with Gasteiger partial charge in [0.25, 0.3) is 0 Å². The van der Waals surface area contributed by atoms with Crippen LogP contribution in [0, 0.1) is 35.5 Å². The molecule has 1 saturated carbocycles. The summed E-state index contributed by atoms with van der Waals surface area (Å²) in [4.78, 5) is 30.3. The highest BCUT2D eigenvalue weighted by atomic mass is 16.2. The number of amides is 1. The maximum absolute atomic E-state index is 12.9. The third-order valence-corrected chi connectivity index (χ3v) is 7.51. The molecule has 0 radical (unpaired) electrons. The molecule has 180 valence electrons. The van der Waals surface area contributed by atoms with Crippen molar-refractivity contribution < 1.29 is 9.59 Å². The minimum Gasteiger partial charge on any atom is -0.337 e. The molecule has 2 aromatic carbocycles. The van der Waals surface area contributed by atoms with E-state index in [1.54, 1.807) is 30.3 Å². The maximum atomic E-state index is 12.9. The second-order valence-electron chi connectivity index (χ2n) is 9.92. The van der Waals surface area contributed by atoms with Crippen LogP contribution in [0.4, 0.5) is 0 Å². The van der Waals surface area contributed by atoms with E-state index in [4.69, 9.17) is 5.26 Å². The highest BCUT2D eigenvalue weighted by Crippen LogP contribution is 2.28. The van der Waals surface area contributed by atoms with E-state index in [1.165, 1.54) is 0 Å². The number of carbonyl (C=O) groups is 2. The average Bonchev–Trinajstić information content (AvgIpc) is 3.41. The molecule has 1 aliphatic heterocycles. The van der Waals surface area contributed by atoms with E-state index in [-0.39, 0.29) is 24.2 Å². The molecule has 1 heterocycles. The molecule has 0 aromatic heterocycles. The molecule has 2 fully saturated rings. The fourth-order valence-corrected chi connectivity index (χ4v) is 5.44. The van der Waals surface area contributed by atoms with Crippen LogP contribution in [-0.2, 0) is 17.8 Å². The summed E-state index contributed by atoms with van der Waals surface area (Å²) >= 11 is 0. The second kappa shape index (κ2) is 10.8. The van der Waals surface area contributed by atoms with Gasteiger partial charge in [-0.1, -0.05) is 25.0 Å². The van der Waals surface area contributed by atoms with E-state index in [0.29, 0.717) is 29.1 Å². The molecule has 1 aliphatic carbocycles. The Labute approximate surface area is 207 Å². The highest BCUT2D eigenvalue weighted by Gasteiger charge is 2.33. The van der Waals surface area contributed by atoms with Crippen molar-refractivity contribution in [1.82, 2.24) is 9.80 Å². The minimum atomic E-state index is -0.0705. The van der Waals surface area contributed by atoms with Gasteiger partial charge in [0, 0.05) is 50.1 Å². The topological polar surface area (TPSA) is 88.2 Å². The van der Waals surface area contributed by atoms with E-state index in [1.807, 2.05) is 13.0 Å². The number of benzene rings is 2. The summed E-state index contributed by atoms with van der Waals surface area (Å²) in [6.45, 7) is 7.14. The monoisotopic (exact) mass is 468 g/mol. The summed E-state index contributed by atoms with van der Waals surface area (Å²) in [5.41, 5.74) is 4.41. The summed E-state index contributed by atoms with van der Waals surface area (Å²) < 4.78 is 0. The molecule has 2 aromatic rings. The Kier molecular flexibility index (Phi) is 7.63. The van der Waals surface area contributed by atoms with Crippen molar-refractivity contribution in [3.8, 4) is 12.1 Å². The van der Waals surface area contributed by atoms with Crippen LogP contribution in [0.3, 0.4) is 0 Å². The lowest BCUT2D eigenvalue weighted by Gasteiger charge is -2.41. The van der Waals surface area contributed by atoms with Crippen LogP contribution in [0.1, 0.15) is 70.8 Å². The molecule has 2 aliphatic rings. The van der Waals surface area contributed by atoms with Crippen LogP contribution in [-0.4, -0.2) is 47.2 Å². The first kappa shape index (κ1) is 24.6. The van der Waals surface area contributed by atoms with Gasteiger partial charge in [0.2, 0.25) is 5.91 Å². The Balaban J connectivity index is 1.47. The number of nitriles is 2. The Morgan fingerprint density at radius 3 is 2.40 bits per heavy atom. The Hall–Kier alpha value is -3.48. The van der Waals surface area contributed by atoms with Gasteiger partial charge < -0.3 is 4.90 Å². The van der Waals surface area contributed by atoms with Gasteiger partial charge in [-0.25, -0.2) is 0 Å². The predicted octanol–water partition coefficient (Wildman–Crippen LogP) is 4.39. The number of hydrogen-bond donors (Lipinski definition) is 0. The molecule has 1 saturated heterocycles. The molecule has 6 heteroatoms. The predicted molar refractivity (Wildman–Crippen MR) is 133 cm³/mol. The van der Waals surface area contributed by atoms with Crippen LogP contribution in [0.25, 0.3) is 0 Å². The molecule has 4 rings (SSSR count). The van der Waals surface area contributed by atoms with Crippen LogP contribution >= 0.6 is 0 Å². The summed E-state index contributed by atoms with van der Waals surface area (Å²) in [7, 11) is 0. The van der Waals surface area contributed by atoms with Crippen LogP contribution in [0.15, 0.2) is 36.4 Å². The third kappa shape index (κ3) is 5.61. The molecule has 0 unspecified atom stereocenters. The number of carbonyl (C=O) groups excluding carboxylic acids is 2. The molecule has 35 heavy (non-hydrogen) atoms. The van der Waals surface area contributed by atoms with Gasteiger partial charge in [-0.05, 0) is 67.6 Å². The lowest BCUT2D eigenvalue weighted by atomic mass is 9.93. The largest absolute Gasteiger partial charge is 0.337 e. The number of ketones is 1. The highest BCUT2D eigenvalue weighted by molar-refractivity contribution is 5.98. The first-order valence-corrected chi connectivity index (χ1v) is 12.5. The molecule has 1 atom stereocenters. The SMILES string of the molecule is Cc1c(CC(=O)c2cccc(C#N)c2)cc(C#N)cc1CN1CCN(C(=O)C2CCCC2)[C@@H](C)C1. The molecular weight excluding hydrogens is 436 g/mol. The van der Waals surface area contributed by atoms with Gasteiger partial charge in [-0.15, -0.1) is 0 Å². The molecular formula is C29H32N4O2. The van der Waals surface area contributed by atoms with Crippen LogP contribution in [0.2, 0.25) is 0 Å². The zero-order valence-corrected chi connectivity index (χ0v) is 20.6. The van der Waals surface area contributed by atoms with Crippen molar-refractivity contribution in [2.24, 2.45) is 5.92 Å². The van der Waals surface area contributed by atoms with Crippen molar-refractivity contribution in [3.05, 3.63) is 69.8 Å². The van der Waals surface area contributed by atoms with Gasteiger partial charge in [-0.2, -0.15) is 10.5 Å². The first-order valence-electron chi connectivity index (χ1n) is 12.5. The van der Waals surface area contributed by atoms with Crippen molar-refractivity contribution in [1.29, 1.82) is 10.5 Å². The van der Waals surface area contributed by atoms with Crippen molar-refractivity contribution in [3.63, 3.8) is 0 Å². The van der Waals surface area contributed by atoms with Gasteiger partial charge in [0.05, 0.1) is 23.3 Å². The zero-order valence-electron chi connectivity index (χ0n) is 20.6. The Bertz CT molecular complexity index is 1200. The van der Waals surface area contributed by atoms with Gasteiger partial charge in [0.1, 0.15) is 0 Å². The average molecular weight is 469 g/mol. The molecule has 0 N–H and O–H groups in total. The second-order valence-corrected chi connectivity index (χ2v) is 9.92.